The van der Waals surface area contributed by atoms with Crippen LogP contribution in [0.2, 0.25) is 0 Å². The van der Waals surface area contributed by atoms with Gasteiger partial charge in [-0.25, -0.2) is 4.98 Å². The van der Waals surface area contributed by atoms with Crippen LogP contribution in [0.5, 0.6) is 0 Å². The van der Waals surface area contributed by atoms with Crippen LogP contribution in [0.3, 0.4) is 0 Å². The van der Waals surface area contributed by atoms with Crippen molar-refractivity contribution in [2.45, 2.75) is 45.2 Å². The number of thioether (sulfide) groups is 1. The zero-order valence-corrected chi connectivity index (χ0v) is 22.3. The Kier molecular flexibility index (Phi) is 8.28. The molecule has 2 heterocycles. The number of nitrogens with two attached hydrogens (primary N) is 1. The highest BCUT2D eigenvalue weighted by atomic mass is 32.2. The minimum absolute atomic E-state index is 0.392. The molecule has 34 heavy (non-hydrogen) atoms. The lowest BCUT2D eigenvalue weighted by Gasteiger charge is -2.28. The molecule has 6 nitrogen and oxygen atoms in total. The molecule has 4 rings (SSSR count). The smallest absolute Gasteiger partial charge is 0.199 e. The highest BCUT2D eigenvalue weighted by molar-refractivity contribution is 7.98. The van der Waals surface area contributed by atoms with E-state index >= 15 is 0 Å². The maximum absolute atomic E-state index is 5.97. The molecule has 0 bridgehead atoms. The second-order valence-corrected chi connectivity index (χ2v) is 14.3. The van der Waals surface area contributed by atoms with Crippen molar-refractivity contribution in [1.82, 2.24) is 20.0 Å². The SMILES string of the molecule is C=C1NC(N)=Nc2c1ncn2[C@@H]1CC(CCP(=C)(CCCSC)NCc2ccccc2)CC1C. The van der Waals surface area contributed by atoms with E-state index in [4.69, 9.17) is 12.0 Å². The third-order valence-electron chi connectivity index (χ3n) is 7.21. The Morgan fingerprint density at radius 2 is 2.06 bits per heavy atom. The van der Waals surface area contributed by atoms with Gasteiger partial charge in [0.1, 0.15) is 5.69 Å². The van der Waals surface area contributed by atoms with Crippen molar-refractivity contribution in [2.24, 2.45) is 22.6 Å². The molecular formula is C26H39N6PS. The second-order valence-electron chi connectivity index (χ2n) is 9.85. The summed E-state index contributed by atoms with van der Waals surface area (Å²) in [5.41, 5.74) is 8.85. The fraction of sp³-hybridized carbons (Fsp3) is 0.500. The number of aromatic nitrogens is 2. The molecule has 1 aliphatic heterocycles. The van der Waals surface area contributed by atoms with Gasteiger partial charge in [0.15, 0.2) is 11.8 Å². The Bertz CT molecular complexity index is 1060. The van der Waals surface area contributed by atoms with E-state index in [0.717, 1.165) is 30.2 Å². The lowest BCUT2D eigenvalue weighted by molar-refractivity contribution is 0.409. The molecule has 4 atom stereocenters. The summed E-state index contributed by atoms with van der Waals surface area (Å²) in [6.07, 6.45) is 16.2. The van der Waals surface area contributed by atoms with Gasteiger partial charge in [-0.05, 0) is 67.4 Å². The molecule has 2 aromatic rings. The summed E-state index contributed by atoms with van der Waals surface area (Å²) in [4.78, 5) is 9.13. The molecule has 1 saturated carbocycles. The summed E-state index contributed by atoms with van der Waals surface area (Å²) >= 11 is 1.93. The normalized spacial score (nSPS) is 23.8. The number of fused-ring (bicyclic) bond motifs is 1. The number of hydrogen-bond donors (Lipinski definition) is 3. The van der Waals surface area contributed by atoms with Crippen LogP contribution in [-0.4, -0.2) is 46.1 Å². The van der Waals surface area contributed by atoms with Crippen molar-refractivity contribution < 1.29 is 0 Å². The first-order chi connectivity index (χ1) is 16.4. The zero-order chi connectivity index (χ0) is 24.1. The van der Waals surface area contributed by atoms with Gasteiger partial charge < -0.3 is 15.6 Å². The van der Waals surface area contributed by atoms with Gasteiger partial charge in [-0.15, -0.1) is 0 Å². The van der Waals surface area contributed by atoms with Crippen molar-refractivity contribution in [3.8, 4) is 0 Å². The number of imidazole rings is 1. The summed E-state index contributed by atoms with van der Waals surface area (Å²) in [6, 6.07) is 11.1. The van der Waals surface area contributed by atoms with Gasteiger partial charge >= 0.3 is 0 Å². The molecule has 184 valence electrons. The Balaban J connectivity index is 1.40. The maximum atomic E-state index is 5.97. The Morgan fingerprint density at radius 3 is 2.82 bits per heavy atom. The molecule has 3 unspecified atom stereocenters. The monoisotopic (exact) mass is 498 g/mol. The zero-order valence-electron chi connectivity index (χ0n) is 20.5. The maximum Gasteiger partial charge on any atom is 0.199 e. The minimum Gasteiger partial charge on any atom is -0.369 e. The van der Waals surface area contributed by atoms with E-state index < -0.39 is 7.04 Å². The van der Waals surface area contributed by atoms with E-state index in [-0.39, 0.29) is 0 Å². The van der Waals surface area contributed by atoms with Gasteiger partial charge in [-0.3, -0.25) is 5.09 Å². The first-order valence-electron chi connectivity index (χ1n) is 12.3. The van der Waals surface area contributed by atoms with Crippen LogP contribution in [0.15, 0.2) is 48.2 Å². The first kappa shape index (κ1) is 25.2. The molecule has 1 aromatic heterocycles. The molecule has 8 heteroatoms. The first-order valence-corrected chi connectivity index (χ1v) is 16.0. The van der Waals surface area contributed by atoms with Gasteiger partial charge in [-0.2, -0.15) is 16.8 Å². The van der Waals surface area contributed by atoms with Gasteiger partial charge in [0, 0.05) is 12.6 Å². The highest BCUT2D eigenvalue weighted by Gasteiger charge is 2.35. The quantitative estimate of drug-likeness (QED) is 0.290. The van der Waals surface area contributed by atoms with Crippen molar-refractivity contribution in [1.29, 1.82) is 0 Å². The number of aliphatic imine (C=N–C) groups is 1. The van der Waals surface area contributed by atoms with E-state index in [1.165, 1.54) is 42.9 Å². The van der Waals surface area contributed by atoms with E-state index in [2.05, 4.69) is 75.0 Å². The average Bonchev–Trinajstić information content (AvgIpc) is 3.40. The van der Waals surface area contributed by atoms with Gasteiger partial charge in [0.25, 0.3) is 0 Å². The van der Waals surface area contributed by atoms with Gasteiger partial charge in [0.05, 0.1) is 12.0 Å². The lowest BCUT2D eigenvalue weighted by atomic mass is 10.0. The number of rotatable bonds is 11. The van der Waals surface area contributed by atoms with Gasteiger partial charge in [0.2, 0.25) is 0 Å². The molecular weight excluding hydrogens is 459 g/mol. The van der Waals surface area contributed by atoms with Crippen LogP contribution in [0.25, 0.3) is 5.70 Å². The number of nitrogens with zero attached hydrogens (tertiary/aromatic N) is 3. The Hall–Kier alpha value is -1.95. The molecule has 1 aromatic carbocycles. The molecule has 0 saturated heterocycles. The minimum atomic E-state index is -1.44. The van der Waals surface area contributed by atoms with Crippen molar-refractivity contribution in [3.63, 3.8) is 0 Å². The third-order valence-corrected chi connectivity index (χ3v) is 11.0. The van der Waals surface area contributed by atoms with Crippen LogP contribution in [-0.2, 0) is 6.54 Å². The van der Waals surface area contributed by atoms with E-state index in [9.17, 15) is 0 Å². The van der Waals surface area contributed by atoms with Gasteiger partial charge in [-0.1, -0.05) is 57.2 Å². The number of nitrogens with one attached hydrogen (secondary N) is 2. The van der Waals surface area contributed by atoms with E-state index in [0.29, 0.717) is 23.8 Å². The molecule has 2 aliphatic rings. The number of hydrogen-bond acceptors (Lipinski definition) is 6. The van der Waals surface area contributed by atoms with E-state index in [1.54, 1.807) is 0 Å². The average molecular weight is 499 g/mol. The Labute approximate surface area is 208 Å². The lowest BCUT2D eigenvalue weighted by Crippen LogP contribution is -2.32. The summed E-state index contributed by atoms with van der Waals surface area (Å²) in [7, 11) is -1.44. The highest BCUT2D eigenvalue weighted by Crippen LogP contribution is 2.48. The predicted molar refractivity (Wildman–Crippen MR) is 151 cm³/mol. The number of guanidine groups is 1. The fourth-order valence-electron chi connectivity index (χ4n) is 5.32. The number of benzene rings is 1. The largest absolute Gasteiger partial charge is 0.369 e. The summed E-state index contributed by atoms with van der Waals surface area (Å²) < 4.78 is 2.23. The Morgan fingerprint density at radius 1 is 1.26 bits per heavy atom. The third kappa shape index (κ3) is 5.99. The topological polar surface area (TPSA) is 80.3 Å². The molecule has 1 fully saturated rings. The van der Waals surface area contributed by atoms with Crippen LogP contribution in [0.4, 0.5) is 5.82 Å². The molecule has 0 radical (unpaired) electrons. The van der Waals surface area contributed by atoms with Crippen LogP contribution < -0.4 is 16.1 Å². The van der Waals surface area contributed by atoms with Crippen LogP contribution >= 0.6 is 18.8 Å². The second kappa shape index (κ2) is 11.2. The predicted octanol–water partition coefficient (Wildman–Crippen LogP) is 5.29. The fourth-order valence-corrected chi connectivity index (χ4v) is 8.65. The molecule has 0 spiro atoms. The molecule has 0 amide bonds. The molecule has 1 aliphatic carbocycles. The summed E-state index contributed by atoms with van der Waals surface area (Å²) in [6.45, 7) is 7.32. The summed E-state index contributed by atoms with van der Waals surface area (Å²) in [5, 5.41) is 6.91. The standard InChI is InChI=1S/C26H39N6PS/c1-19-15-22(16-23(19)32-18-28-24-20(2)30-26(27)31-25(24)32)11-13-33(3,12-8-14-34-4)29-17-21-9-6-5-7-10-21/h5-7,9-10,18-19,22-23,29H,2-3,8,11-17H2,1,4H3,(H3,27,30,31)/t19?,22?,23-,33?/m1/s1. The summed E-state index contributed by atoms with van der Waals surface area (Å²) in [5.74, 6) is 3.73. The van der Waals surface area contributed by atoms with Crippen LogP contribution in [0, 0.1) is 11.8 Å². The van der Waals surface area contributed by atoms with Crippen molar-refractivity contribution in [2.75, 3.05) is 24.3 Å². The van der Waals surface area contributed by atoms with Crippen molar-refractivity contribution in [3.05, 3.63) is 54.5 Å². The van der Waals surface area contributed by atoms with Crippen LogP contribution in [0.1, 0.15) is 49.9 Å². The van der Waals surface area contributed by atoms with Crippen molar-refractivity contribution >= 4 is 42.6 Å². The van der Waals surface area contributed by atoms with E-state index in [1.807, 2.05) is 18.1 Å². The molecule has 4 N–H and O–H groups in total.